The third-order valence-corrected chi connectivity index (χ3v) is 3.80. The molecule has 0 aliphatic rings. The molecule has 1 heterocycles. The van der Waals surface area contributed by atoms with Crippen molar-refractivity contribution < 1.29 is 14.8 Å². The lowest BCUT2D eigenvalue weighted by molar-refractivity contribution is -0.384. The van der Waals surface area contributed by atoms with Gasteiger partial charge in [-0.3, -0.25) is 19.9 Å². The topological polar surface area (TPSA) is 105 Å². The van der Waals surface area contributed by atoms with E-state index in [9.17, 15) is 14.9 Å². The van der Waals surface area contributed by atoms with Crippen molar-refractivity contribution in [2.24, 2.45) is 5.41 Å². The highest BCUT2D eigenvalue weighted by Crippen LogP contribution is 2.32. The summed E-state index contributed by atoms with van der Waals surface area (Å²) in [7, 11) is 0. The summed E-state index contributed by atoms with van der Waals surface area (Å²) in [6.07, 6.45) is 4.06. The molecule has 0 aliphatic carbocycles. The highest BCUT2D eigenvalue weighted by molar-refractivity contribution is 9.10. The number of hydrogen-bond donors (Lipinski definition) is 2. The van der Waals surface area contributed by atoms with Crippen LogP contribution < -0.4 is 5.32 Å². The van der Waals surface area contributed by atoms with Crippen LogP contribution in [-0.2, 0) is 4.79 Å². The molecular weight excluding hydrogens is 342 g/mol. The van der Waals surface area contributed by atoms with Gasteiger partial charge in [0, 0.05) is 19.2 Å². The van der Waals surface area contributed by atoms with E-state index >= 15 is 0 Å². The molecule has 0 saturated heterocycles. The third-order valence-electron chi connectivity index (χ3n) is 3.20. The lowest BCUT2D eigenvalue weighted by atomic mass is 9.84. The number of nitro groups is 1. The number of halogens is 1. The fourth-order valence-corrected chi connectivity index (χ4v) is 2.30. The van der Waals surface area contributed by atoms with Crippen LogP contribution in [-0.4, -0.2) is 27.5 Å². The molecule has 2 N–H and O–H groups in total. The summed E-state index contributed by atoms with van der Waals surface area (Å²) in [6, 6.07) is 0. The first kappa shape index (κ1) is 17.4. The van der Waals surface area contributed by atoms with Gasteiger partial charge in [-0.05, 0) is 34.2 Å². The standard InChI is InChI=1S/C13H18BrN3O4/c1-13(2,4-3-11(18)19)5-6-16-12-9(14)7-15-8-10(12)17(20)21/h7-8H,3-6H2,1-2H3,(H,15,16)(H,18,19). The SMILES string of the molecule is CC(C)(CCNc1c(Br)cncc1[N+](=O)[O-])CCC(=O)O. The van der Waals surface area contributed by atoms with E-state index in [2.05, 4.69) is 26.2 Å². The molecule has 8 heteroatoms. The van der Waals surface area contributed by atoms with E-state index in [0.717, 1.165) is 0 Å². The fraction of sp³-hybridized carbons (Fsp3) is 0.538. The van der Waals surface area contributed by atoms with E-state index in [-0.39, 0.29) is 17.5 Å². The number of hydrogen-bond acceptors (Lipinski definition) is 5. The smallest absolute Gasteiger partial charge is 0.311 e. The first-order valence-electron chi connectivity index (χ1n) is 6.46. The predicted molar refractivity (Wildman–Crippen MR) is 82.3 cm³/mol. The molecule has 0 bridgehead atoms. The maximum absolute atomic E-state index is 11.0. The van der Waals surface area contributed by atoms with Crippen LogP contribution in [0.5, 0.6) is 0 Å². The van der Waals surface area contributed by atoms with Gasteiger partial charge >= 0.3 is 11.7 Å². The minimum absolute atomic E-state index is 0.0901. The van der Waals surface area contributed by atoms with Gasteiger partial charge in [0.15, 0.2) is 0 Å². The number of nitrogens with one attached hydrogen (secondary N) is 1. The average molecular weight is 360 g/mol. The minimum atomic E-state index is -0.816. The van der Waals surface area contributed by atoms with Gasteiger partial charge in [-0.15, -0.1) is 0 Å². The first-order valence-corrected chi connectivity index (χ1v) is 7.26. The molecule has 0 aliphatic heterocycles. The van der Waals surface area contributed by atoms with Crippen LogP contribution in [0.15, 0.2) is 16.9 Å². The summed E-state index contributed by atoms with van der Waals surface area (Å²) >= 11 is 3.24. The normalized spacial score (nSPS) is 11.2. The van der Waals surface area contributed by atoms with Gasteiger partial charge < -0.3 is 10.4 Å². The largest absolute Gasteiger partial charge is 0.481 e. The maximum Gasteiger partial charge on any atom is 0.311 e. The van der Waals surface area contributed by atoms with Crippen LogP contribution in [0.1, 0.15) is 33.1 Å². The van der Waals surface area contributed by atoms with Crippen LogP contribution in [0.25, 0.3) is 0 Å². The molecule has 1 rings (SSSR count). The minimum Gasteiger partial charge on any atom is -0.481 e. The Hall–Kier alpha value is -1.70. The Kier molecular flexibility index (Phi) is 6.07. The predicted octanol–water partition coefficient (Wildman–Crippen LogP) is 3.45. The zero-order valence-corrected chi connectivity index (χ0v) is 13.5. The van der Waals surface area contributed by atoms with Crippen LogP contribution in [0, 0.1) is 15.5 Å². The second kappa shape index (κ2) is 7.35. The Balaban J connectivity index is 2.64. The average Bonchev–Trinajstić information content (AvgIpc) is 2.38. The molecule has 1 aromatic rings. The van der Waals surface area contributed by atoms with Crippen LogP contribution in [0.2, 0.25) is 0 Å². The van der Waals surface area contributed by atoms with Crippen molar-refractivity contribution in [3.63, 3.8) is 0 Å². The Morgan fingerprint density at radius 2 is 2.14 bits per heavy atom. The molecule has 0 fully saturated rings. The van der Waals surface area contributed by atoms with Crippen molar-refractivity contribution in [1.82, 2.24) is 4.98 Å². The number of carboxylic acid groups (broad SMARTS) is 1. The van der Waals surface area contributed by atoms with Gasteiger partial charge in [-0.25, -0.2) is 0 Å². The Morgan fingerprint density at radius 1 is 1.48 bits per heavy atom. The molecule has 0 radical (unpaired) electrons. The van der Waals surface area contributed by atoms with Gasteiger partial charge in [0.25, 0.3) is 0 Å². The molecule has 7 nitrogen and oxygen atoms in total. The van der Waals surface area contributed by atoms with Crippen LogP contribution >= 0.6 is 15.9 Å². The summed E-state index contributed by atoms with van der Waals surface area (Å²) in [5, 5.41) is 22.7. The second-order valence-electron chi connectivity index (χ2n) is 5.51. The van der Waals surface area contributed by atoms with Crippen molar-refractivity contribution in [3.05, 3.63) is 27.0 Å². The van der Waals surface area contributed by atoms with E-state index in [4.69, 9.17) is 5.11 Å². The second-order valence-corrected chi connectivity index (χ2v) is 6.36. The van der Waals surface area contributed by atoms with Crippen LogP contribution in [0.3, 0.4) is 0 Å². The molecule has 0 aromatic carbocycles. The van der Waals surface area contributed by atoms with Gasteiger partial charge in [-0.2, -0.15) is 0 Å². The number of anilines is 1. The van der Waals surface area contributed by atoms with Crippen molar-refractivity contribution in [2.75, 3.05) is 11.9 Å². The van der Waals surface area contributed by atoms with Crippen molar-refractivity contribution in [3.8, 4) is 0 Å². The molecule has 1 aromatic heterocycles. The van der Waals surface area contributed by atoms with E-state index < -0.39 is 10.9 Å². The van der Waals surface area contributed by atoms with Crippen molar-refractivity contribution >= 4 is 33.3 Å². The lowest BCUT2D eigenvalue weighted by Crippen LogP contribution is -2.18. The van der Waals surface area contributed by atoms with E-state index in [1.165, 1.54) is 12.4 Å². The monoisotopic (exact) mass is 359 g/mol. The molecule has 21 heavy (non-hydrogen) atoms. The van der Waals surface area contributed by atoms with Crippen molar-refractivity contribution in [2.45, 2.75) is 33.1 Å². The molecule has 116 valence electrons. The number of carboxylic acids is 1. The first-order chi connectivity index (χ1) is 9.73. The fourth-order valence-electron chi connectivity index (χ4n) is 1.83. The van der Waals surface area contributed by atoms with E-state index in [1.807, 2.05) is 13.8 Å². The third kappa shape index (κ3) is 5.66. The maximum atomic E-state index is 11.0. The number of aliphatic carboxylic acids is 1. The Bertz CT molecular complexity index is 534. The molecular formula is C13H18BrN3O4. The summed E-state index contributed by atoms with van der Waals surface area (Å²) in [6.45, 7) is 4.47. The molecule has 0 unspecified atom stereocenters. The van der Waals surface area contributed by atoms with Gasteiger partial charge in [0.05, 0.1) is 9.40 Å². The molecule has 0 amide bonds. The number of aromatic nitrogens is 1. The molecule has 0 atom stereocenters. The summed E-state index contributed by atoms with van der Waals surface area (Å²) in [5.41, 5.74) is 0.149. The highest BCUT2D eigenvalue weighted by Gasteiger charge is 2.21. The molecule has 0 saturated carbocycles. The number of pyridine rings is 1. The lowest BCUT2D eigenvalue weighted by Gasteiger charge is -2.24. The number of carbonyl (C=O) groups is 1. The Morgan fingerprint density at radius 3 is 2.71 bits per heavy atom. The zero-order chi connectivity index (χ0) is 16.0. The molecule has 0 spiro atoms. The number of nitrogens with zero attached hydrogens (tertiary/aromatic N) is 2. The van der Waals surface area contributed by atoms with Gasteiger partial charge in [-0.1, -0.05) is 13.8 Å². The highest BCUT2D eigenvalue weighted by atomic mass is 79.9. The van der Waals surface area contributed by atoms with Crippen molar-refractivity contribution in [1.29, 1.82) is 0 Å². The Labute approximate surface area is 131 Å². The quantitative estimate of drug-likeness (QED) is 0.543. The van der Waals surface area contributed by atoms with E-state index in [1.54, 1.807) is 0 Å². The van der Waals surface area contributed by atoms with E-state index in [0.29, 0.717) is 29.5 Å². The van der Waals surface area contributed by atoms with Gasteiger partial charge in [0.2, 0.25) is 0 Å². The number of rotatable bonds is 8. The van der Waals surface area contributed by atoms with Gasteiger partial charge in [0.1, 0.15) is 11.9 Å². The summed E-state index contributed by atoms with van der Waals surface area (Å²) in [4.78, 5) is 24.8. The van der Waals surface area contributed by atoms with Crippen LogP contribution in [0.4, 0.5) is 11.4 Å². The zero-order valence-electron chi connectivity index (χ0n) is 11.9. The summed E-state index contributed by atoms with van der Waals surface area (Å²) < 4.78 is 0.528. The summed E-state index contributed by atoms with van der Waals surface area (Å²) in [5.74, 6) is -0.816.